The number of amides is 1. The Labute approximate surface area is 177 Å². The Kier molecular flexibility index (Phi) is 5.83. The molecule has 1 aliphatic rings. The van der Waals surface area contributed by atoms with Crippen LogP contribution >= 0.6 is 0 Å². The lowest BCUT2D eigenvalue weighted by molar-refractivity contribution is 0.102. The molecule has 0 aliphatic carbocycles. The average Bonchev–Trinajstić information content (AvgIpc) is 3.32. The number of anilines is 1. The number of carbonyl (C=O) groups excluding carboxylic acids is 1. The highest BCUT2D eigenvalue weighted by atomic mass is 16.5. The topological polar surface area (TPSA) is 118 Å². The molecule has 31 heavy (non-hydrogen) atoms. The van der Waals surface area contributed by atoms with E-state index in [2.05, 4.69) is 32.9 Å². The molecule has 2 heterocycles. The molecule has 0 saturated carbocycles. The van der Waals surface area contributed by atoms with E-state index in [1.54, 1.807) is 43.5 Å². The number of aryl methyl sites for hydroxylation is 1. The van der Waals surface area contributed by atoms with Crippen molar-refractivity contribution in [2.75, 3.05) is 12.4 Å². The van der Waals surface area contributed by atoms with Crippen molar-refractivity contribution >= 4 is 22.6 Å². The average molecular weight is 419 g/mol. The number of benzene rings is 2. The number of nitrogens with zero attached hydrogens (tertiary/aromatic N) is 4. The second-order valence-electron chi connectivity index (χ2n) is 7.08. The second-order valence-corrected chi connectivity index (χ2v) is 7.08. The lowest BCUT2D eigenvalue weighted by Crippen LogP contribution is -2.21. The van der Waals surface area contributed by atoms with Crippen molar-refractivity contribution in [3.05, 3.63) is 69.6 Å². The molecule has 3 aromatic rings. The summed E-state index contributed by atoms with van der Waals surface area (Å²) in [7, 11) is 1.58. The van der Waals surface area contributed by atoms with E-state index in [0.29, 0.717) is 28.8 Å². The highest BCUT2D eigenvalue weighted by molar-refractivity contribution is 6.05. The Balaban J connectivity index is 1.65. The van der Waals surface area contributed by atoms with E-state index in [-0.39, 0.29) is 5.56 Å². The van der Waals surface area contributed by atoms with Gasteiger partial charge in [-0.3, -0.25) is 4.79 Å². The summed E-state index contributed by atoms with van der Waals surface area (Å²) in [5.41, 5.74) is 1.72. The molecule has 0 unspecified atom stereocenters. The van der Waals surface area contributed by atoms with E-state index in [4.69, 9.17) is 9.15 Å². The van der Waals surface area contributed by atoms with Crippen LogP contribution in [-0.4, -0.2) is 13.0 Å². The Hall–Kier alpha value is -3.88. The van der Waals surface area contributed by atoms with E-state index in [9.17, 15) is 9.59 Å². The summed E-state index contributed by atoms with van der Waals surface area (Å²) in [5, 5.41) is 18.1. The van der Waals surface area contributed by atoms with Crippen molar-refractivity contribution in [2.24, 2.45) is 20.7 Å². The Bertz CT molecular complexity index is 1240. The van der Waals surface area contributed by atoms with Crippen LogP contribution < -0.4 is 15.7 Å². The molecule has 1 amide bonds. The van der Waals surface area contributed by atoms with E-state index in [1.807, 2.05) is 6.07 Å². The maximum atomic E-state index is 12.8. The summed E-state index contributed by atoms with van der Waals surface area (Å²) in [6.45, 7) is 2.09. The molecule has 0 spiro atoms. The summed E-state index contributed by atoms with van der Waals surface area (Å²) in [6.07, 6.45) is 2.11. The minimum Gasteiger partial charge on any atom is -0.496 e. The molecule has 4 rings (SSSR count). The third-order valence-electron chi connectivity index (χ3n) is 5.01. The minimum atomic E-state index is -0.703. The molecule has 0 bridgehead atoms. The van der Waals surface area contributed by atoms with Crippen LogP contribution in [-0.2, 0) is 6.42 Å². The molecular formula is C22H21N5O4. The molecule has 1 aliphatic heterocycles. The fourth-order valence-corrected chi connectivity index (χ4v) is 3.44. The van der Waals surface area contributed by atoms with Crippen LogP contribution in [0, 0.1) is 0 Å². The van der Waals surface area contributed by atoms with E-state index in [1.165, 1.54) is 0 Å². The van der Waals surface area contributed by atoms with Crippen LogP contribution in [0.3, 0.4) is 0 Å². The van der Waals surface area contributed by atoms with Crippen molar-refractivity contribution in [2.45, 2.75) is 32.4 Å². The zero-order valence-corrected chi connectivity index (χ0v) is 17.2. The Morgan fingerprint density at radius 3 is 2.71 bits per heavy atom. The first-order valence-electron chi connectivity index (χ1n) is 9.95. The normalized spacial score (nSPS) is 13.1. The molecule has 2 aromatic carbocycles. The SMILES string of the molecule is CCCCc1c(OC)ccc2cc(C(=O)Nc3cccc(C4N=NN=N4)c3)c(=O)oc12. The number of fused-ring (bicyclic) bond motifs is 1. The highest BCUT2D eigenvalue weighted by Crippen LogP contribution is 2.30. The van der Waals surface area contributed by atoms with Crippen LogP contribution in [0.1, 0.15) is 47.4 Å². The van der Waals surface area contributed by atoms with Crippen LogP contribution in [0.4, 0.5) is 5.69 Å². The van der Waals surface area contributed by atoms with Gasteiger partial charge in [0.25, 0.3) is 5.91 Å². The minimum absolute atomic E-state index is 0.0789. The van der Waals surface area contributed by atoms with Gasteiger partial charge in [-0.2, -0.15) is 0 Å². The zero-order valence-electron chi connectivity index (χ0n) is 17.2. The number of unbranched alkanes of at least 4 members (excludes halogenated alkanes) is 1. The summed E-state index contributed by atoms with van der Waals surface area (Å²) >= 11 is 0. The van der Waals surface area contributed by atoms with Crippen molar-refractivity contribution in [1.29, 1.82) is 0 Å². The first-order valence-corrected chi connectivity index (χ1v) is 9.95. The largest absolute Gasteiger partial charge is 0.496 e. The third-order valence-corrected chi connectivity index (χ3v) is 5.01. The standard InChI is InChI=1S/C22H21N5O4/c1-3-4-8-16-18(30-2)10-9-13-12-17(22(29)31-19(13)16)21(28)23-15-7-5-6-14(11-15)20-24-26-27-25-20/h5-7,9-12,20H,3-4,8H2,1-2H3,(H,23,28). The van der Waals surface area contributed by atoms with Gasteiger partial charge in [0.1, 0.15) is 16.9 Å². The predicted octanol–water partition coefficient (Wildman–Crippen LogP) is 5.23. The van der Waals surface area contributed by atoms with Gasteiger partial charge >= 0.3 is 5.63 Å². The van der Waals surface area contributed by atoms with Crippen LogP contribution in [0.15, 0.2) is 72.4 Å². The molecule has 0 saturated heterocycles. The molecule has 158 valence electrons. The van der Waals surface area contributed by atoms with Gasteiger partial charge in [0.2, 0.25) is 6.17 Å². The van der Waals surface area contributed by atoms with Gasteiger partial charge in [0.15, 0.2) is 0 Å². The second kappa shape index (κ2) is 8.86. The summed E-state index contributed by atoms with van der Waals surface area (Å²) in [5.74, 6) is 0.104. The monoisotopic (exact) mass is 419 g/mol. The molecule has 0 atom stereocenters. The maximum Gasteiger partial charge on any atom is 0.349 e. The summed E-state index contributed by atoms with van der Waals surface area (Å²) in [6, 6.07) is 12.1. The van der Waals surface area contributed by atoms with Crippen LogP contribution in [0.25, 0.3) is 11.0 Å². The quantitative estimate of drug-likeness (QED) is 0.528. The number of ether oxygens (including phenoxy) is 1. The molecule has 1 N–H and O–H groups in total. The van der Waals surface area contributed by atoms with Crippen LogP contribution in [0.5, 0.6) is 5.75 Å². The fraction of sp³-hybridized carbons (Fsp3) is 0.273. The van der Waals surface area contributed by atoms with Gasteiger partial charge in [0.05, 0.1) is 7.11 Å². The Morgan fingerprint density at radius 1 is 1.16 bits per heavy atom. The molecule has 0 radical (unpaired) electrons. The molecular weight excluding hydrogens is 398 g/mol. The molecule has 9 heteroatoms. The summed E-state index contributed by atoms with van der Waals surface area (Å²) in [4.78, 5) is 25.5. The van der Waals surface area contributed by atoms with E-state index in [0.717, 1.165) is 24.0 Å². The van der Waals surface area contributed by atoms with Crippen molar-refractivity contribution < 1.29 is 13.9 Å². The number of methoxy groups -OCH3 is 1. The van der Waals surface area contributed by atoms with E-state index < -0.39 is 17.7 Å². The fourth-order valence-electron chi connectivity index (χ4n) is 3.44. The third kappa shape index (κ3) is 4.20. The van der Waals surface area contributed by atoms with Gasteiger partial charge < -0.3 is 14.5 Å². The molecule has 9 nitrogen and oxygen atoms in total. The van der Waals surface area contributed by atoms with Gasteiger partial charge in [0, 0.05) is 22.2 Å². The van der Waals surface area contributed by atoms with Crippen molar-refractivity contribution in [3.8, 4) is 5.75 Å². The number of nitrogens with one attached hydrogen (secondary N) is 1. The number of hydrogen-bond donors (Lipinski definition) is 1. The predicted molar refractivity (Wildman–Crippen MR) is 114 cm³/mol. The number of hydrogen-bond acceptors (Lipinski definition) is 8. The zero-order chi connectivity index (χ0) is 21.8. The van der Waals surface area contributed by atoms with E-state index >= 15 is 0 Å². The van der Waals surface area contributed by atoms with Gasteiger partial charge in [-0.15, -0.1) is 10.2 Å². The highest BCUT2D eigenvalue weighted by Gasteiger charge is 2.19. The van der Waals surface area contributed by atoms with Gasteiger partial charge in [-0.25, -0.2) is 4.79 Å². The van der Waals surface area contributed by atoms with Crippen molar-refractivity contribution in [1.82, 2.24) is 0 Å². The van der Waals surface area contributed by atoms with Gasteiger partial charge in [-0.1, -0.05) is 25.5 Å². The maximum absolute atomic E-state index is 12.8. The van der Waals surface area contributed by atoms with Crippen molar-refractivity contribution in [3.63, 3.8) is 0 Å². The first-order chi connectivity index (χ1) is 15.1. The van der Waals surface area contributed by atoms with Gasteiger partial charge in [-0.05, 0) is 53.6 Å². The first kappa shape index (κ1) is 20.4. The van der Waals surface area contributed by atoms with Crippen LogP contribution in [0.2, 0.25) is 0 Å². The molecule has 0 fully saturated rings. The lowest BCUT2D eigenvalue weighted by Gasteiger charge is -2.12. The molecule has 1 aromatic heterocycles. The lowest BCUT2D eigenvalue weighted by atomic mass is 10.0. The Morgan fingerprint density at radius 2 is 1.97 bits per heavy atom. The number of carbonyl (C=O) groups is 1. The summed E-state index contributed by atoms with van der Waals surface area (Å²) < 4.78 is 11.0. The smallest absolute Gasteiger partial charge is 0.349 e. The number of rotatable bonds is 7.